The van der Waals surface area contributed by atoms with Crippen LogP contribution in [0.4, 0.5) is 0 Å². The first-order valence-electron chi connectivity index (χ1n) is 6.24. The van der Waals surface area contributed by atoms with Gasteiger partial charge in [0, 0.05) is 30.2 Å². The van der Waals surface area contributed by atoms with Gasteiger partial charge in [-0.25, -0.2) is 0 Å². The number of rotatable bonds is 3. The summed E-state index contributed by atoms with van der Waals surface area (Å²) in [4.78, 5) is 29.4. The molecule has 0 bridgehead atoms. The topological polar surface area (TPSA) is 53.2 Å². The van der Waals surface area contributed by atoms with Crippen LogP contribution in [0.25, 0.3) is 0 Å². The Bertz CT molecular complexity index is 544. The average Bonchev–Trinajstić information content (AvgIpc) is 2.84. The van der Waals surface area contributed by atoms with E-state index < -0.39 is 0 Å². The Morgan fingerprint density at radius 2 is 2.37 bits per heavy atom. The summed E-state index contributed by atoms with van der Waals surface area (Å²) in [6, 6.07) is 0.252. The third kappa shape index (κ3) is 2.89. The molecule has 1 aliphatic rings. The minimum atomic E-state index is -0.226. The predicted octanol–water partition coefficient (Wildman–Crippen LogP) is 2.41. The summed E-state index contributed by atoms with van der Waals surface area (Å²) >= 11 is 4.97. The van der Waals surface area contributed by atoms with Crippen LogP contribution in [0.3, 0.4) is 0 Å². The van der Waals surface area contributed by atoms with Crippen LogP contribution >= 0.6 is 27.7 Å². The molecule has 104 valence electrons. The van der Waals surface area contributed by atoms with Gasteiger partial charge in [-0.2, -0.15) is 11.8 Å². The number of likely N-dealkylation sites (tertiary alicyclic amines) is 1. The van der Waals surface area contributed by atoms with Gasteiger partial charge in [-0.05, 0) is 42.0 Å². The van der Waals surface area contributed by atoms with E-state index >= 15 is 0 Å². The lowest BCUT2D eigenvalue weighted by molar-refractivity contribution is 0.0748. The van der Waals surface area contributed by atoms with E-state index in [2.05, 4.69) is 20.9 Å². The molecule has 0 spiro atoms. The number of nitrogens with one attached hydrogen (secondary N) is 1. The molecule has 4 nitrogen and oxygen atoms in total. The van der Waals surface area contributed by atoms with E-state index in [1.807, 2.05) is 11.2 Å². The van der Waals surface area contributed by atoms with Crippen molar-refractivity contribution >= 4 is 33.6 Å². The molecule has 0 aliphatic carbocycles. The third-order valence-electron chi connectivity index (χ3n) is 3.43. The van der Waals surface area contributed by atoms with Gasteiger partial charge in [-0.1, -0.05) is 0 Å². The number of amides is 1. The first-order chi connectivity index (χ1) is 9.06. The van der Waals surface area contributed by atoms with Crippen LogP contribution in [0.1, 0.15) is 28.9 Å². The van der Waals surface area contributed by atoms with Gasteiger partial charge in [0.1, 0.15) is 5.56 Å². The Balaban J connectivity index is 2.29. The number of aryl methyl sites for hydroxylation is 1. The van der Waals surface area contributed by atoms with Crippen molar-refractivity contribution in [3.05, 3.63) is 32.2 Å². The number of hydrogen-bond acceptors (Lipinski definition) is 3. The van der Waals surface area contributed by atoms with Crippen LogP contribution in [0.5, 0.6) is 0 Å². The minimum absolute atomic E-state index is 0.154. The first-order valence-corrected chi connectivity index (χ1v) is 8.42. The Morgan fingerprint density at radius 3 is 3.05 bits per heavy atom. The molecule has 1 saturated heterocycles. The van der Waals surface area contributed by atoms with E-state index in [1.54, 1.807) is 18.7 Å². The van der Waals surface area contributed by atoms with E-state index in [-0.39, 0.29) is 22.9 Å². The van der Waals surface area contributed by atoms with Crippen LogP contribution in [-0.2, 0) is 0 Å². The van der Waals surface area contributed by atoms with Crippen molar-refractivity contribution in [2.45, 2.75) is 25.8 Å². The summed E-state index contributed by atoms with van der Waals surface area (Å²) in [5, 5.41) is 0. The molecule has 2 rings (SSSR count). The fraction of sp³-hybridized carbons (Fsp3) is 0.538. The summed E-state index contributed by atoms with van der Waals surface area (Å²) < 4.78 is 0.443. The van der Waals surface area contributed by atoms with Crippen LogP contribution < -0.4 is 5.43 Å². The largest absolute Gasteiger partial charge is 0.363 e. The van der Waals surface area contributed by atoms with Crippen molar-refractivity contribution in [3.8, 4) is 0 Å². The molecule has 6 heteroatoms. The highest BCUT2D eigenvalue weighted by atomic mass is 79.9. The van der Waals surface area contributed by atoms with Gasteiger partial charge in [0.2, 0.25) is 5.43 Å². The summed E-state index contributed by atoms with van der Waals surface area (Å²) in [6.07, 6.45) is 5.61. The van der Waals surface area contributed by atoms with Crippen LogP contribution in [0.2, 0.25) is 0 Å². The van der Waals surface area contributed by atoms with Crippen molar-refractivity contribution in [3.63, 3.8) is 0 Å². The third-order valence-corrected chi connectivity index (χ3v) is 5.11. The number of H-pyrrole nitrogens is 1. The average molecular weight is 345 g/mol. The molecule has 0 aromatic carbocycles. The number of halogens is 1. The van der Waals surface area contributed by atoms with Crippen molar-refractivity contribution in [2.24, 2.45) is 0 Å². The number of nitrogens with zero attached hydrogens (tertiary/aromatic N) is 1. The SMILES string of the molecule is CSC[C@H]1CCCN1C(=O)c1c[nH]c(C)c(Br)c1=O. The zero-order valence-electron chi connectivity index (χ0n) is 11.0. The predicted molar refractivity (Wildman–Crippen MR) is 81.9 cm³/mol. The zero-order valence-corrected chi connectivity index (χ0v) is 13.4. The fourth-order valence-corrected chi connectivity index (χ4v) is 3.44. The van der Waals surface area contributed by atoms with Gasteiger partial charge in [0.25, 0.3) is 5.91 Å². The number of carbonyl (C=O) groups is 1. The zero-order chi connectivity index (χ0) is 14.0. The van der Waals surface area contributed by atoms with Gasteiger partial charge < -0.3 is 9.88 Å². The Hall–Kier alpha value is -0.750. The maximum absolute atomic E-state index is 12.5. The molecule has 1 atom stereocenters. The number of thioether (sulfide) groups is 1. The summed E-state index contributed by atoms with van der Waals surface area (Å²) in [5.41, 5.74) is 0.741. The van der Waals surface area contributed by atoms with E-state index in [1.165, 1.54) is 6.20 Å². The molecular formula is C13H17BrN2O2S. The number of pyridine rings is 1. The van der Waals surface area contributed by atoms with Crippen molar-refractivity contribution in [1.29, 1.82) is 0 Å². The molecule has 1 aliphatic heterocycles. The second-order valence-electron chi connectivity index (χ2n) is 4.72. The van der Waals surface area contributed by atoms with Gasteiger partial charge in [0.15, 0.2) is 0 Å². The van der Waals surface area contributed by atoms with Gasteiger partial charge in [-0.15, -0.1) is 0 Å². The molecule has 1 aromatic heterocycles. The van der Waals surface area contributed by atoms with E-state index in [0.29, 0.717) is 4.47 Å². The number of hydrogen-bond donors (Lipinski definition) is 1. The molecule has 0 saturated carbocycles. The number of carbonyl (C=O) groups excluding carboxylic acids is 1. The highest BCUT2D eigenvalue weighted by molar-refractivity contribution is 9.10. The van der Waals surface area contributed by atoms with Crippen LogP contribution in [-0.4, -0.2) is 40.4 Å². The molecule has 1 aromatic rings. The lowest BCUT2D eigenvalue weighted by atomic mass is 10.2. The van der Waals surface area contributed by atoms with E-state index in [9.17, 15) is 9.59 Å². The second kappa shape index (κ2) is 6.13. The number of aromatic amines is 1. The standard InChI is InChI=1S/C13H17BrN2O2S/c1-8-11(14)12(17)10(6-15-8)13(18)16-5-3-4-9(16)7-19-2/h6,9H,3-5,7H2,1-2H3,(H,15,17)/t9-/m1/s1. The molecule has 1 amide bonds. The molecule has 2 heterocycles. The molecule has 0 unspecified atom stereocenters. The molecule has 0 radical (unpaired) electrons. The molecule has 1 fully saturated rings. The minimum Gasteiger partial charge on any atom is -0.363 e. The number of aromatic nitrogens is 1. The van der Waals surface area contributed by atoms with Crippen LogP contribution in [0, 0.1) is 6.92 Å². The Kier molecular flexibility index (Phi) is 4.73. The highest BCUT2D eigenvalue weighted by Gasteiger charge is 2.30. The first kappa shape index (κ1) is 14.7. The maximum Gasteiger partial charge on any atom is 0.259 e. The summed E-state index contributed by atoms with van der Waals surface area (Å²) in [6.45, 7) is 2.54. The summed E-state index contributed by atoms with van der Waals surface area (Å²) in [7, 11) is 0. The van der Waals surface area contributed by atoms with Crippen molar-refractivity contribution in [1.82, 2.24) is 9.88 Å². The fourth-order valence-electron chi connectivity index (χ4n) is 2.38. The smallest absolute Gasteiger partial charge is 0.259 e. The quantitative estimate of drug-likeness (QED) is 0.915. The van der Waals surface area contributed by atoms with Gasteiger partial charge in [-0.3, -0.25) is 9.59 Å². The lowest BCUT2D eigenvalue weighted by Gasteiger charge is -2.24. The van der Waals surface area contributed by atoms with E-state index in [4.69, 9.17) is 0 Å². The normalized spacial score (nSPS) is 18.9. The monoisotopic (exact) mass is 344 g/mol. The molecule has 1 N–H and O–H groups in total. The highest BCUT2D eigenvalue weighted by Crippen LogP contribution is 2.22. The Morgan fingerprint density at radius 1 is 1.63 bits per heavy atom. The lowest BCUT2D eigenvalue weighted by Crippen LogP contribution is -2.39. The molecule has 19 heavy (non-hydrogen) atoms. The van der Waals surface area contributed by atoms with Crippen molar-refractivity contribution < 1.29 is 4.79 Å². The van der Waals surface area contributed by atoms with Gasteiger partial charge in [0.05, 0.1) is 4.47 Å². The molecular weight excluding hydrogens is 328 g/mol. The van der Waals surface area contributed by atoms with Gasteiger partial charge >= 0.3 is 0 Å². The summed E-state index contributed by atoms with van der Waals surface area (Å²) in [5.74, 6) is 0.773. The maximum atomic E-state index is 12.5. The van der Waals surface area contributed by atoms with Crippen molar-refractivity contribution in [2.75, 3.05) is 18.6 Å². The van der Waals surface area contributed by atoms with Crippen LogP contribution in [0.15, 0.2) is 15.5 Å². The Labute approximate surface area is 125 Å². The second-order valence-corrected chi connectivity index (χ2v) is 6.42. The van der Waals surface area contributed by atoms with E-state index in [0.717, 1.165) is 30.8 Å².